The second kappa shape index (κ2) is 17.1. The fourth-order valence-electron chi connectivity index (χ4n) is 5.84. The highest BCUT2D eigenvalue weighted by Gasteiger charge is 2.35. The molecule has 0 heterocycles. The predicted octanol–water partition coefficient (Wildman–Crippen LogP) is 2.92. The number of benzene rings is 3. The van der Waals surface area contributed by atoms with Gasteiger partial charge < -0.3 is 41.3 Å². The molecule has 0 saturated carbocycles. The third kappa shape index (κ3) is 9.84. The molecule has 0 spiro atoms. The molecule has 7 N–H and O–H groups in total. The number of carbonyl (C=O) groups excluding carboxylic acids is 4. The molecule has 0 unspecified atom stereocenters. The summed E-state index contributed by atoms with van der Waals surface area (Å²) in [7, 11) is 0. The van der Waals surface area contributed by atoms with Crippen molar-refractivity contribution in [3.05, 3.63) is 89.5 Å². The van der Waals surface area contributed by atoms with Gasteiger partial charge in [-0.3, -0.25) is 24.0 Å². The Hall–Kier alpha value is -5.92. The van der Waals surface area contributed by atoms with Crippen LogP contribution in [0, 0.1) is 5.92 Å². The van der Waals surface area contributed by atoms with E-state index in [2.05, 4.69) is 21.3 Å². The van der Waals surface area contributed by atoms with Crippen molar-refractivity contribution in [2.75, 3.05) is 6.61 Å². The van der Waals surface area contributed by atoms with Gasteiger partial charge in [0.15, 0.2) is 0 Å². The number of hydrogen-bond acceptors (Lipinski definition) is 8. The number of ether oxygens (including phenoxy) is 1. The molecule has 0 aliphatic heterocycles. The third-order valence-corrected chi connectivity index (χ3v) is 8.86. The van der Waals surface area contributed by atoms with Crippen LogP contribution in [0.2, 0.25) is 0 Å². The van der Waals surface area contributed by atoms with Crippen LogP contribution in [-0.4, -0.2) is 81.8 Å². The average molecular weight is 703 g/mol. The molecule has 14 nitrogen and oxygen atoms in total. The van der Waals surface area contributed by atoms with Crippen molar-refractivity contribution in [2.45, 2.75) is 70.1 Å². The molecule has 5 atom stereocenters. The van der Waals surface area contributed by atoms with Gasteiger partial charge in [-0.25, -0.2) is 4.79 Å². The molecule has 3 aromatic carbocycles. The van der Waals surface area contributed by atoms with Crippen molar-refractivity contribution in [1.82, 2.24) is 21.3 Å². The van der Waals surface area contributed by atoms with Gasteiger partial charge >= 0.3 is 18.0 Å². The molecular formula is C37H42N4O10. The van der Waals surface area contributed by atoms with Crippen LogP contribution >= 0.6 is 0 Å². The molecule has 4 rings (SSSR count). The van der Waals surface area contributed by atoms with Crippen molar-refractivity contribution >= 4 is 35.8 Å². The predicted molar refractivity (Wildman–Crippen MR) is 185 cm³/mol. The summed E-state index contributed by atoms with van der Waals surface area (Å²) < 4.78 is 5.51. The van der Waals surface area contributed by atoms with Gasteiger partial charge in [0, 0.05) is 12.3 Å². The normalized spacial score (nSPS) is 14.7. The molecule has 51 heavy (non-hydrogen) atoms. The van der Waals surface area contributed by atoms with E-state index in [0.29, 0.717) is 12.0 Å². The molecule has 14 heteroatoms. The Morgan fingerprint density at radius 2 is 1.29 bits per heavy atom. The number of alkyl carbamates (subject to hydrolysis) is 1. The fourth-order valence-corrected chi connectivity index (χ4v) is 5.84. The van der Waals surface area contributed by atoms with Crippen molar-refractivity contribution < 1.29 is 48.8 Å². The number of phenolic OH excluding ortho intramolecular Hbond substituents is 1. The first kappa shape index (κ1) is 37.9. The third-order valence-electron chi connectivity index (χ3n) is 8.86. The smallest absolute Gasteiger partial charge is 0.407 e. The number of carboxylic acids is 2. The Bertz CT molecular complexity index is 1720. The minimum atomic E-state index is -1.62. The van der Waals surface area contributed by atoms with E-state index < -0.39 is 72.3 Å². The number of carbonyl (C=O) groups is 6. The van der Waals surface area contributed by atoms with Gasteiger partial charge in [0.05, 0.1) is 6.42 Å². The zero-order valence-electron chi connectivity index (χ0n) is 28.4. The number of rotatable bonds is 16. The summed E-state index contributed by atoms with van der Waals surface area (Å²) >= 11 is 0. The van der Waals surface area contributed by atoms with Gasteiger partial charge in [0.2, 0.25) is 17.7 Å². The standard InChI is InChI=1S/C37H42N4O10/c1-4-20(2)32(35(47)39-29(33(45)38-21(3)36(48)49)17-22-13-15-23(42)16-14-22)41-34(46)30(18-31(43)44)40-37(50)51-19-28-26-11-7-5-9-24(26)25-10-6-8-12-27(25)28/h5-16,20-21,28-30,32,42H,4,17-19H2,1-3H3,(H,38,45)(H,39,47)(H,40,50)(H,41,46)(H,43,44)(H,48,49)/t20-,21+,29+,30+,32+/m1/s1. The maximum atomic E-state index is 13.7. The van der Waals surface area contributed by atoms with E-state index in [-0.39, 0.29) is 24.7 Å². The van der Waals surface area contributed by atoms with Crippen molar-refractivity contribution in [3.8, 4) is 16.9 Å². The van der Waals surface area contributed by atoms with E-state index in [4.69, 9.17) is 4.74 Å². The summed E-state index contributed by atoms with van der Waals surface area (Å²) in [4.78, 5) is 76.5. The van der Waals surface area contributed by atoms with E-state index in [0.717, 1.165) is 22.3 Å². The highest BCUT2D eigenvalue weighted by atomic mass is 16.5. The number of fused-ring (bicyclic) bond motifs is 3. The molecule has 270 valence electrons. The van der Waals surface area contributed by atoms with Crippen LogP contribution in [0.25, 0.3) is 11.1 Å². The molecule has 3 aromatic rings. The molecule has 0 fully saturated rings. The van der Waals surface area contributed by atoms with E-state index in [9.17, 15) is 44.1 Å². The maximum Gasteiger partial charge on any atom is 0.407 e. The summed E-state index contributed by atoms with van der Waals surface area (Å²) in [5, 5.41) is 38.3. The lowest BCUT2D eigenvalue weighted by molar-refractivity contribution is -0.141. The molecule has 1 aliphatic rings. The van der Waals surface area contributed by atoms with Crippen LogP contribution in [0.15, 0.2) is 72.8 Å². The van der Waals surface area contributed by atoms with Gasteiger partial charge in [-0.15, -0.1) is 0 Å². The van der Waals surface area contributed by atoms with Gasteiger partial charge in [-0.2, -0.15) is 0 Å². The molecule has 4 amide bonds. The monoisotopic (exact) mass is 702 g/mol. The maximum absolute atomic E-state index is 13.7. The van der Waals surface area contributed by atoms with Crippen LogP contribution < -0.4 is 21.3 Å². The van der Waals surface area contributed by atoms with Crippen molar-refractivity contribution in [3.63, 3.8) is 0 Å². The minimum absolute atomic E-state index is 0.0227. The van der Waals surface area contributed by atoms with E-state index >= 15 is 0 Å². The zero-order chi connectivity index (χ0) is 37.2. The van der Waals surface area contributed by atoms with Crippen LogP contribution in [0.4, 0.5) is 4.79 Å². The average Bonchev–Trinajstić information content (AvgIpc) is 3.42. The van der Waals surface area contributed by atoms with Crippen molar-refractivity contribution in [2.24, 2.45) is 5.92 Å². The van der Waals surface area contributed by atoms with E-state index in [1.807, 2.05) is 48.5 Å². The lowest BCUT2D eigenvalue weighted by Crippen LogP contribution is -2.59. The zero-order valence-corrected chi connectivity index (χ0v) is 28.4. The quantitative estimate of drug-likeness (QED) is 0.116. The highest BCUT2D eigenvalue weighted by molar-refractivity contribution is 5.96. The Kier molecular flexibility index (Phi) is 12.7. The molecule has 0 saturated heterocycles. The Morgan fingerprint density at radius 3 is 1.84 bits per heavy atom. The topological polar surface area (TPSA) is 220 Å². The number of carboxylic acid groups (broad SMARTS) is 2. The first-order chi connectivity index (χ1) is 24.3. The molecule has 1 aliphatic carbocycles. The number of aliphatic carboxylic acids is 2. The van der Waals surface area contributed by atoms with Gasteiger partial charge in [0.25, 0.3) is 0 Å². The van der Waals surface area contributed by atoms with Gasteiger partial charge in [-0.05, 0) is 52.8 Å². The Labute approximate surface area is 294 Å². The molecule has 0 bridgehead atoms. The first-order valence-electron chi connectivity index (χ1n) is 16.5. The van der Waals surface area contributed by atoms with Crippen LogP contribution in [0.1, 0.15) is 56.2 Å². The largest absolute Gasteiger partial charge is 0.508 e. The van der Waals surface area contributed by atoms with Crippen molar-refractivity contribution in [1.29, 1.82) is 0 Å². The minimum Gasteiger partial charge on any atom is -0.508 e. The summed E-state index contributed by atoms with van der Waals surface area (Å²) in [6.07, 6.45) is -1.55. The highest BCUT2D eigenvalue weighted by Crippen LogP contribution is 2.44. The van der Waals surface area contributed by atoms with Gasteiger partial charge in [-0.1, -0.05) is 80.9 Å². The lowest BCUT2D eigenvalue weighted by Gasteiger charge is -2.28. The second-order valence-corrected chi connectivity index (χ2v) is 12.5. The van der Waals surface area contributed by atoms with Crippen LogP contribution in [0.3, 0.4) is 0 Å². The summed E-state index contributed by atoms with van der Waals surface area (Å²) in [5.41, 5.74) is 4.49. The SMILES string of the molecule is CC[C@@H](C)[C@H](NC(=O)[C@H](CC(=O)O)NC(=O)OCC1c2ccccc2-c2ccccc21)C(=O)N[C@@H](Cc1ccc(O)cc1)C(=O)N[C@@H](C)C(=O)O. The number of amides is 4. The molecule has 0 radical (unpaired) electrons. The summed E-state index contributed by atoms with van der Waals surface area (Å²) in [6.45, 7) is 4.60. The van der Waals surface area contributed by atoms with E-state index in [1.165, 1.54) is 31.2 Å². The number of hydrogen-bond donors (Lipinski definition) is 7. The summed E-state index contributed by atoms with van der Waals surface area (Å²) in [6, 6.07) is 15.8. The lowest BCUT2D eigenvalue weighted by atomic mass is 9.96. The van der Waals surface area contributed by atoms with E-state index in [1.54, 1.807) is 13.8 Å². The second-order valence-electron chi connectivity index (χ2n) is 12.5. The Morgan fingerprint density at radius 1 is 0.725 bits per heavy atom. The van der Waals surface area contributed by atoms with Crippen LogP contribution in [0.5, 0.6) is 5.75 Å². The van der Waals surface area contributed by atoms with Crippen LogP contribution in [-0.2, 0) is 35.1 Å². The summed E-state index contributed by atoms with van der Waals surface area (Å²) in [5.74, 6) is -6.08. The number of phenols is 1. The Balaban J connectivity index is 1.47. The molecule has 0 aromatic heterocycles. The number of aromatic hydroxyl groups is 1. The molecular weight excluding hydrogens is 660 g/mol. The number of nitrogens with one attached hydrogen (secondary N) is 4. The van der Waals surface area contributed by atoms with Gasteiger partial charge in [0.1, 0.15) is 36.5 Å². The fraction of sp³-hybridized carbons (Fsp3) is 0.351. The first-order valence-corrected chi connectivity index (χ1v) is 16.5.